The zero-order chi connectivity index (χ0) is 19.2. The van der Waals surface area contributed by atoms with E-state index in [9.17, 15) is 14.0 Å². The van der Waals surface area contributed by atoms with E-state index in [2.05, 4.69) is 9.72 Å². The van der Waals surface area contributed by atoms with Crippen LogP contribution in [0.2, 0.25) is 0 Å². The van der Waals surface area contributed by atoms with Gasteiger partial charge in [0.2, 0.25) is 0 Å². The van der Waals surface area contributed by atoms with E-state index in [0.29, 0.717) is 30.0 Å². The zero-order valence-electron chi connectivity index (χ0n) is 14.9. The van der Waals surface area contributed by atoms with E-state index in [0.717, 1.165) is 11.5 Å². The molecule has 1 aromatic carbocycles. The molecule has 1 aliphatic rings. The van der Waals surface area contributed by atoms with E-state index < -0.39 is 5.97 Å². The molecule has 1 aromatic heterocycles. The molecule has 0 unspecified atom stereocenters. The first-order valence-corrected chi connectivity index (χ1v) is 9.67. The topological polar surface area (TPSA) is 62.7 Å². The van der Waals surface area contributed by atoms with Gasteiger partial charge in [-0.15, -0.1) is 0 Å². The van der Waals surface area contributed by atoms with Gasteiger partial charge in [-0.05, 0) is 36.4 Å². The molecule has 142 valence electrons. The minimum absolute atomic E-state index is 0.138. The molecule has 2 heterocycles. The van der Waals surface area contributed by atoms with Gasteiger partial charge < -0.3 is 9.64 Å². The number of amides is 2. The van der Waals surface area contributed by atoms with Gasteiger partial charge in [0.05, 0.1) is 24.9 Å². The number of hydrogen-bond acceptors (Lipinski definition) is 5. The number of carbonyl (C=O) groups is 2. The number of urea groups is 1. The van der Waals surface area contributed by atoms with Gasteiger partial charge in [0, 0.05) is 36.5 Å². The maximum Gasteiger partial charge on any atom is 0.339 e. The number of hydrogen-bond donors (Lipinski definition) is 0. The second-order valence-corrected chi connectivity index (χ2v) is 7.20. The van der Waals surface area contributed by atoms with Crippen LogP contribution in [-0.2, 0) is 11.3 Å². The van der Waals surface area contributed by atoms with Crippen molar-refractivity contribution in [3.63, 3.8) is 0 Å². The van der Waals surface area contributed by atoms with Crippen molar-refractivity contribution in [3.05, 3.63) is 59.7 Å². The normalized spacial score (nSPS) is 13.9. The number of aromatic nitrogens is 1. The zero-order valence-corrected chi connectivity index (χ0v) is 15.7. The summed E-state index contributed by atoms with van der Waals surface area (Å²) >= 11 is 1.82. The monoisotopic (exact) mass is 389 g/mol. The second kappa shape index (κ2) is 8.85. The van der Waals surface area contributed by atoms with Crippen LogP contribution in [0.5, 0.6) is 0 Å². The van der Waals surface area contributed by atoms with Gasteiger partial charge >= 0.3 is 12.0 Å². The Hall–Kier alpha value is -2.61. The van der Waals surface area contributed by atoms with Crippen molar-refractivity contribution in [1.82, 2.24) is 9.88 Å². The maximum absolute atomic E-state index is 13.3. The van der Waals surface area contributed by atoms with E-state index in [-0.39, 0.29) is 18.4 Å². The summed E-state index contributed by atoms with van der Waals surface area (Å²) in [6.07, 6.45) is 1.42. The minimum atomic E-state index is -0.466. The standard InChI is InChI=1S/C19H20FN3O3S/c1-26-18(24)14-2-5-16(21-12-14)13-23(17-6-3-15(20)4-7-17)19(25)22-8-10-27-11-9-22/h2-7,12H,8-11,13H2,1H3. The Morgan fingerprint density at radius 1 is 1.19 bits per heavy atom. The van der Waals surface area contributed by atoms with E-state index >= 15 is 0 Å². The lowest BCUT2D eigenvalue weighted by molar-refractivity contribution is 0.0600. The van der Waals surface area contributed by atoms with Gasteiger partial charge in [-0.25, -0.2) is 14.0 Å². The summed E-state index contributed by atoms with van der Waals surface area (Å²) in [6.45, 7) is 1.57. The van der Waals surface area contributed by atoms with E-state index in [4.69, 9.17) is 0 Å². The largest absolute Gasteiger partial charge is 0.465 e. The fraction of sp³-hybridized carbons (Fsp3) is 0.316. The van der Waals surface area contributed by atoms with E-state index in [1.54, 1.807) is 34.1 Å². The van der Waals surface area contributed by atoms with Crippen molar-refractivity contribution in [2.75, 3.05) is 36.6 Å². The molecule has 0 saturated carbocycles. The quantitative estimate of drug-likeness (QED) is 0.752. The van der Waals surface area contributed by atoms with Gasteiger partial charge in [0.1, 0.15) is 5.82 Å². The molecule has 2 amide bonds. The SMILES string of the molecule is COC(=O)c1ccc(CN(C(=O)N2CCSCC2)c2ccc(F)cc2)nc1. The summed E-state index contributed by atoms with van der Waals surface area (Å²) in [5.74, 6) is 0.969. The van der Waals surface area contributed by atoms with Crippen molar-refractivity contribution in [2.24, 2.45) is 0 Å². The number of esters is 1. The molecular weight excluding hydrogens is 369 g/mol. The Labute approximate surface area is 161 Å². The third-order valence-corrected chi connectivity index (χ3v) is 5.16. The lowest BCUT2D eigenvalue weighted by Gasteiger charge is -2.32. The Morgan fingerprint density at radius 2 is 1.89 bits per heavy atom. The fourth-order valence-electron chi connectivity index (χ4n) is 2.73. The molecule has 1 saturated heterocycles. The van der Waals surface area contributed by atoms with Crippen molar-refractivity contribution >= 4 is 29.4 Å². The van der Waals surface area contributed by atoms with Gasteiger partial charge in [0.15, 0.2) is 0 Å². The highest BCUT2D eigenvalue weighted by Crippen LogP contribution is 2.21. The van der Waals surface area contributed by atoms with Crippen LogP contribution in [0.4, 0.5) is 14.9 Å². The maximum atomic E-state index is 13.3. The highest BCUT2D eigenvalue weighted by Gasteiger charge is 2.24. The van der Waals surface area contributed by atoms with Crippen LogP contribution in [0, 0.1) is 5.82 Å². The van der Waals surface area contributed by atoms with Crippen molar-refractivity contribution in [2.45, 2.75) is 6.54 Å². The second-order valence-electron chi connectivity index (χ2n) is 5.97. The average molecular weight is 389 g/mol. The van der Waals surface area contributed by atoms with Gasteiger partial charge in [0.25, 0.3) is 0 Å². The molecule has 3 rings (SSSR count). The number of pyridine rings is 1. The summed E-state index contributed by atoms with van der Waals surface area (Å²) in [6, 6.07) is 8.97. The summed E-state index contributed by atoms with van der Waals surface area (Å²) in [5, 5.41) is 0. The first-order valence-electron chi connectivity index (χ1n) is 8.51. The molecule has 1 aliphatic heterocycles. The molecule has 0 spiro atoms. The number of halogens is 1. The molecule has 8 heteroatoms. The number of rotatable bonds is 4. The van der Waals surface area contributed by atoms with Gasteiger partial charge in [-0.2, -0.15) is 11.8 Å². The summed E-state index contributed by atoms with van der Waals surface area (Å²) < 4.78 is 18.0. The molecule has 1 fully saturated rings. The Kier molecular flexibility index (Phi) is 6.28. The van der Waals surface area contributed by atoms with Crippen molar-refractivity contribution in [3.8, 4) is 0 Å². The summed E-state index contributed by atoms with van der Waals surface area (Å²) in [5.41, 5.74) is 1.55. The first kappa shape index (κ1) is 19.2. The van der Waals surface area contributed by atoms with E-state index in [1.165, 1.54) is 25.4 Å². The number of nitrogens with zero attached hydrogens (tertiary/aromatic N) is 3. The number of thioether (sulfide) groups is 1. The average Bonchev–Trinajstić information content (AvgIpc) is 2.73. The molecule has 27 heavy (non-hydrogen) atoms. The van der Waals surface area contributed by atoms with Crippen LogP contribution in [-0.4, -0.2) is 53.6 Å². The highest BCUT2D eigenvalue weighted by molar-refractivity contribution is 7.99. The third kappa shape index (κ3) is 4.77. The Balaban J connectivity index is 1.83. The number of benzene rings is 1. The minimum Gasteiger partial charge on any atom is -0.465 e. The van der Waals surface area contributed by atoms with E-state index in [1.807, 2.05) is 11.8 Å². The summed E-state index contributed by atoms with van der Waals surface area (Å²) in [4.78, 5) is 32.2. The highest BCUT2D eigenvalue weighted by atomic mass is 32.2. The Bertz CT molecular complexity index is 793. The first-order chi connectivity index (χ1) is 13.1. The van der Waals surface area contributed by atoms with Crippen LogP contribution in [0.15, 0.2) is 42.6 Å². The third-order valence-electron chi connectivity index (χ3n) is 4.22. The molecule has 0 N–H and O–H groups in total. The van der Waals surface area contributed by atoms with Crippen LogP contribution >= 0.6 is 11.8 Å². The van der Waals surface area contributed by atoms with Gasteiger partial charge in [-0.1, -0.05) is 0 Å². The van der Waals surface area contributed by atoms with Crippen LogP contribution in [0.25, 0.3) is 0 Å². The predicted octanol–water partition coefficient (Wildman–Crippen LogP) is 3.18. The smallest absolute Gasteiger partial charge is 0.339 e. The lowest BCUT2D eigenvalue weighted by Crippen LogP contribution is -2.46. The molecular formula is C19H20FN3O3S. The molecule has 6 nitrogen and oxygen atoms in total. The number of methoxy groups -OCH3 is 1. The van der Waals surface area contributed by atoms with Crippen LogP contribution < -0.4 is 4.90 Å². The predicted molar refractivity (Wildman–Crippen MR) is 102 cm³/mol. The molecule has 0 bridgehead atoms. The summed E-state index contributed by atoms with van der Waals surface area (Å²) in [7, 11) is 1.31. The van der Waals surface area contributed by atoms with Crippen molar-refractivity contribution < 1.29 is 18.7 Å². The van der Waals surface area contributed by atoms with Crippen molar-refractivity contribution in [1.29, 1.82) is 0 Å². The molecule has 0 aliphatic carbocycles. The molecule has 2 aromatic rings. The van der Waals surface area contributed by atoms with Gasteiger partial charge in [-0.3, -0.25) is 9.88 Å². The fourth-order valence-corrected chi connectivity index (χ4v) is 3.64. The van der Waals surface area contributed by atoms with Crippen LogP contribution in [0.1, 0.15) is 16.1 Å². The lowest BCUT2D eigenvalue weighted by atomic mass is 10.2. The van der Waals surface area contributed by atoms with Crippen LogP contribution in [0.3, 0.4) is 0 Å². The number of carbonyl (C=O) groups excluding carboxylic acids is 2. The Morgan fingerprint density at radius 3 is 2.48 bits per heavy atom. The number of ether oxygens (including phenoxy) is 1. The molecule has 0 atom stereocenters. The number of anilines is 1. The molecule has 0 radical (unpaired) electrons.